The summed E-state index contributed by atoms with van der Waals surface area (Å²) in [7, 11) is 0. The minimum atomic E-state index is -1.28. The second kappa shape index (κ2) is 9.06. The number of ether oxygens (including phenoxy) is 2. The van der Waals surface area contributed by atoms with E-state index in [1.807, 2.05) is 0 Å². The zero-order valence-corrected chi connectivity index (χ0v) is 13.3. The molecule has 124 valence electrons. The summed E-state index contributed by atoms with van der Waals surface area (Å²) < 4.78 is 10.6. The van der Waals surface area contributed by atoms with Gasteiger partial charge in [0.1, 0.15) is 12.4 Å². The van der Waals surface area contributed by atoms with Crippen LogP contribution in [0.3, 0.4) is 0 Å². The number of hydrogen-bond acceptors (Lipinski definition) is 6. The van der Waals surface area contributed by atoms with E-state index in [1.165, 1.54) is 6.21 Å². The maximum atomic E-state index is 10.5. The molecule has 1 aromatic rings. The number of hydrazone groups is 1. The normalized spacial score (nSPS) is 17.1. The fraction of sp³-hybridized carbons (Fsp3) is 0.400. The molecule has 0 spiro atoms. The van der Waals surface area contributed by atoms with Crippen molar-refractivity contribution < 1.29 is 19.4 Å². The van der Waals surface area contributed by atoms with Crippen LogP contribution in [0.4, 0.5) is 0 Å². The molecule has 1 fully saturated rings. The van der Waals surface area contributed by atoms with E-state index in [2.05, 4.69) is 15.8 Å². The number of nitrogens with one attached hydrogen (secondary N) is 2. The second-order valence-electron chi connectivity index (χ2n) is 4.91. The van der Waals surface area contributed by atoms with Gasteiger partial charge >= 0.3 is 0 Å². The molecule has 0 aromatic heterocycles. The van der Waals surface area contributed by atoms with Crippen molar-refractivity contribution in [3.8, 4) is 5.75 Å². The van der Waals surface area contributed by atoms with Crippen molar-refractivity contribution in [3.05, 3.63) is 29.8 Å². The van der Waals surface area contributed by atoms with Crippen LogP contribution in [0, 0.1) is 0 Å². The first kappa shape index (κ1) is 17.2. The number of benzene rings is 1. The Hall–Kier alpha value is -2.19. The smallest absolute Gasteiger partial charge is 0.187 e. The largest absolute Gasteiger partial charge is 0.546 e. The van der Waals surface area contributed by atoms with Gasteiger partial charge in [0.2, 0.25) is 0 Å². The first-order valence-corrected chi connectivity index (χ1v) is 7.66. The lowest BCUT2D eigenvalue weighted by Gasteiger charge is -2.12. The van der Waals surface area contributed by atoms with Crippen molar-refractivity contribution in [2.24, 2.45) is 5.10 Å². The molecule has 0 saturated carbocycles. The highest BCUT2D eigenvalue weighted by Crippen LogP contribution is 2.15. The zero-order chi connectivity index (χ0) is 16.5. The quantitative estimate of drug-likeness (QED) is 0.404. The summed E-state index contributed by atoms with van der Waals surface area (Å²) in [5.41, 5.74) is 3.33. The molecular weight excluding hydrogens is 318 g/mol. The number of aliphatic carboxylic acids is 1. The number of hydrogen-bond donors (Lipinski definition) is 2. The van der Waals surface area contributed by atoms with Gasteiger partial charge < -0.3 is 24.7 Å². The molecule has 1 atom stereocenters. The van der Waals surface area contributed by atoms with Gasteiger partial charge in [0.15, 0.2) is 5.11 Å². The van der Waals surface area contributed by atoms with Gasteiger partial charge in [-0.2, -0.15) is 5.10 Å². The summed E-state index contributed by atoms with van der Waals surface area (Å²) in [6.45, 7) is 0.930. The number of carbonyl (C=O) groups excluding carboxylic acids is 1. The van der Waals surface area contributed by atoms with Crippen molar-refractivity contribution in [1.29, 1.82) is 0 Å². The van der Waals surface area contributed by atoms with Crippen molar-refractivity contribution in [2.75, 3.05) is 19.8 Å². The number of carboxylic acids is 1. The van der Waals surface area contributed by atoms with Gasteiger partial charge in [-0.05, 0) is 37.2 Å². The van der Waals surface area contributed by atoms with Crippen molar-refractivity contribution in [1.82, 2.24) is 10.7 Å². The van der Waals surface area contributed by atoms with Gasteiger partial charge in [-0.3, -0.25) is 5.43 Å². The summed E-state index contributed by atoms with van der Waals surface area (Å²) >= 11 is 5.11. The molecule has 1 aliphatic heterocycles. The predicted molar refractivity (Wildman–Crippen MR) is 87.2 cm³/mol. The highest BCUT2D eigenvalue weighted by Gasteiger charge is 2.14. The van der Waals surface area contributed by atoms with E-state index >= 15 is 0 Å². The fourth-order valence-corrected chi connectivity index (χ4v) is 2.20. The van der Waals surface area contributed by atoms with Crippen LogP contribution in [0.2, 0.25) is 0 Å². The number of rotatable bonds is 7. The van der Waals surface area contributed by atoms with Crippen LogP contribution >= 0.6 is 12.2 Å². The maximum absolute atomic E-state index is 10.5. The molecule has 0 radical (unpaired) electrons. The number of para-hydroxylation sites is 1. The minimum Gasteiger partial charge on any atom is -0.546 e. The van der Waals surface area contributed by atoms with Crippen LogP contribution in [0.5, 0.6) is 5.75 Å². The number of carbonyl (C=O) groups is 1. The van der Waals surface area contributed by atoms with E-state index < -0.39 is 12.6 Å². The average molecular weight is 336 g/mol. The van der Waals surface area contributed by atoms with Gasteiger partial charge in [-0.25, -0.2) is 0 Å². The van der Waals surface area contributed by atoms with Gasteiger partial charge in [-0.15, -0.1) is 0 Å². The Morgan fingerprint density at radius 2 is 2.35 bits per heavy atom. The number of thiocarbonyl (C=S) groups is 1. The molecule has 1 heterocycles. The van der Waals surface area contributed by atoms with Gasteiger partial charge in [0.05, 0.1) is 18.3 Å². The van der Waals surface area contributed by atoms with Crippen LogP contribution in [-0.2, 0) is 9.53 Å². The monoisotopic (exact) mass is 336 g/mol. The molecule has 1 aromatic carbocycles. The Bertz CT molecular complexity index is 574. The highest BCUT2D eigenvalue weighted by atomic mass is 32.1. The lowest BCUT2D eigenvalue weighted by molar-refractivity contribution is -0.307. The van der Waals surface area contributed by atoms with E-state index in [1.54, 1.807) is 24.3 Å². The summed E-state index contributed by atoms with van der Waals surface area (Å²) in [6.07, 6.45) is 3.80. The molecule has 1 saturated heterocycles. The van der Waals surface area contributed by atoms with Crippen LogP contribution < -0.4 is 20.6 Å². The molecule has 8 heteroatoms. The van der Waals surface area contributed by atoms with E-state index in [9.17, 15) is 9.90 Å². The molecule has 0 amide bonds. The van der Waals surface area contributed by atoms with Gasteiger partial charge in [-0.1, -0.05) is 12.1 Å². The zero-order valence-electron chi connectivity index (χ0n) is 12.5. The Balaban J connectivity index is 1.80. The Morgan fingerprint density at radius 1 is 1.52 bits per heavy atom. The third-order valence-electron chi connectivity index (χ3n) is 3.15. The molecule has 0 bridgehead atoms. The number of nitrogens with zero attached hydrogens (tertiary/aromatic N) is 1. The van der Waals surface area contributed by atoms with Crippen molar-refractivity contribution in [2.45, 2.75) is 18.9 Å². The van der Waals surface area contributed by atoms with Crippen molar-refractivity contribution in [3.63, 3.8) is 0 Å². The molecule has 0 aliphatic carbocycles. The summed E-state index contributed by atoms with van der Waals surface area (Å²) in [5, 5.41) is 17.9. The average Bonchev–Trinajstić information content (AvgIpc) is 3.05. The maximum Gasteiger partial charge on any atom is 0.187 e. The van der Waals surface area contributed by atoms with Crippen LogP contribution in [0.1, 0.15) is 18.4 Å². The Labute approximate surface area is 139 Å². The van der Waals surface area contributed by atoms with E-state index in [-0.39, 0.29) is 6.10 Å². The molecule has 0 unspecified atom stereocenters. The standard InChI is InChI=1S/C15H19N3O4S/c19-14(20)10-22-13-6-2-1-4-11(13)8-17-18-15(23)16-9-12-5-3-7-21-12/h1-2,4,6,8,12H,3,5,7,9-10H2,(H,19,20)(H2,16,18,23)/p-1/b17-8-/t12-/m0/s1. The predicted octanol–water partition coefficient (Wildman–Crippen LogP) is -0.208. The molecule has 2 N–H and O–H groups in total. The molecule has 1 aliphatic rings. The molecular formula is C15H18N3O4S-. The summed E-state index contributed by atoms with van der Waals surface area (Å²) in [6, 6.07) is 6.93. The lowest BCUT2D eigenvalue weighted by atomic mass is 10.2. The molecule has 2 rings (SSSR count). The third-order valence-corrected chi connectivity index (χ3v) is 3.38. The van der Waals surface area contributed by atoms with Crippen LogP contribution in [-0.4, -0.2) is 43.2 Å². The van der Waals surface area contributed by atoms with Crippen molar-refractivity contribution >= 4 is 29.5 Å². The molecule has 23 heavy (non-hydrogen) atoms. The van der Waals surface area contributed by atoms with E-state index in [0.29, 0.717) is 23.0 Å². The first-order valence-electron chi connectivity index (χ1n) is 7.25. The van der Waals surface area contributed by atoms with Gasteiger partial charge in [0, 0.05) is 18.7 Å². The molecule has 7 nitrogen and oxygen atoms in total. The van der Waals surface area contributed by atoms with E-state index in [0.717, 1.165) is 19.4 Å². The second-order valence-corrected chi connectivity index (χ2v) is 5.32. The Kier molecular flexibility index (Phi) is 6.76. The Morgan fingerprint density at radius 3 is 3.09 bits per heavy atom. The fourth-order valence-electron chi connectivity index (χ4n) is 2.07. The third kappa shape index (κ3) is 6.21. The summed E-state index contributed by atoms with van der Waals surface area (Å²) in [5.74, 6) is -0.880. The summed E-state index contributed by atoms with van der Waals surface area (Å²) in [4.78, 5) is 10.5. The van der Waals surface area contributed by atoms with Gasteiger partial charge in [0.25, 0.3) is 0 Å². The van der Waals surface area contributed by atoms with Crippen LogP contribution in [0.15, 0.2) is 29.4 Å². The minimum absolute atomic E-state index is 0.192. The number of carboxylic acid groups (broad SMARTS) is 1. The topological polar surface area (TPSA) is 95.0 Å². The lowest BCUT2D eigenvalue weighted by Crippen LogP contribution is -2.37. The first-order chi connectivity index (χ1) is 11.1. The van der Waals surface area contributed by atoms with E-state index in [4.69, 9.17) is 21.7 Å². The highest BCUT2D eigenvalue weighted by molar-refractivity contribution is 7.80. The van der Waals surface area contributed by atoms with Crippen LogP contribution in [0.25, 0.3) is 0 Å². The SMILES string of the molecule is O=C([O-])COc1ccccc1/C=N\NC(=S)NC[C@@H]1CCCO1.